The molecule has 0 N–H and O–H groups in total. The van der Waals surface area contributed by atoms with Crippen molar-refractivity contribution in [3.8, 4) is 0 Å². The minimum atomic E-state index is -4.47. The van der Waals surface area contributed by atoms with Crippen LogP contribution in [0.3, 0.4) is 0 Å². The van der Waals surface area contributed by atoms with E-state index in [2.05, 4.69) is 10.2 Å². The lowest BCUT2D eigenvalue weighted by Crippen LogP contribution is -2.32. The van der Waals surface area contributed by atoms with E-state index in [9.17, 15) is 26.7 Å². The summed E-state index contributed by atoms with van der Waals surface area (Å²) in [6, 6.07) is 3.83. The molecule has 0 bridgehead atoms. The largest absolute Gasteiger partial charge is 0.401 e. The summed E-state index contributed by atoms with van der Waals surface area (Å²) in [5, 5.41) is 7.84. The number of hydrogen-bond acceptors (Lipinski definition) is 3. The maximum atomic E-state index is 14.4. The molecular weight excluding hydrogens is 381 g/mol. The molecule has 0 unspecified atom stereocenters. The Morgan fingerprint density at radius 1 is 1.18 bits per heavy atom. The normalized spacial score (nSPS) is 23.8. The molecule has 1 aliphatic carbocycles. The van der Waals surface area contributed by atoms with Crippen molar-refractivity contribution >= 4 is 6.29 Å². The molecule has 0 saturated heterocycles. The Balaban J connectivity index is 1.80. The molecule has 2 aliphatic rings. The average Bonchev–Trinajstić information content (AvgIpc) is 3.39. The third-order valence-electron chi connectivity index (χ3n) is 5.93. The average molecular weight is 399 g/mol. The van der Waals surface area contributed by atoms with E-state index < -0.39 is 35.1 Å². The van der Waals surface area contributed by atoms with Gasteiger partial charge in [0, 0.05) is 24.8 Å². The first kappa shape index (κ1) is 19.0. The molecule has 0 amide bonds. The molecule has 4 rings (SSSR count). The molecule has 9 heteroatoms. The zero-order valence-electron chi connectivity index (χ0n) is 14.8. The number of alkyl halides is 3. The Labute approximate surface area is 157 Å². The zero-order valence-corrected chi connectivity index (χ0v) is 14.8. The highest BCUT2D eigenvalue weighted by atomic mass is 19.4. The lowest BCUT2D eigenvalue weighted by molar-refractivity contribution is -0.163. The fourth-order valence-corrected chi connectivity index (χ4v) is 4.18. The molecular formula is C19H18F5N3O. The minimum Gasteiger partial charge on any atom is -0.313 e. The van der Waals surface area contributed by atoms with E-state index >= 15 is 0 Å². The van der Waals surface area contributed by atoms with Crippen LogP contribution in [-0.4, -0.2) is 27.2 Å². The number of aldehydes is 1. The summed E-state index contributed by atoms with van der Waals surface area (Å²) in [7, 11) is 0. The first-order valence-electron chi connectivity index (χ1n) is 9.16. The molecule has 150 valence electrons. The van der Waals surface area contributed by atoms with Crippen LogP contribution in [0.5, 0.6) is 0 Å². The molecule has 2 aromatic rings. The van der Waals surface area contributed by atoms with Crippen LogP contribution in [-0.2, 0) is 16.8 Å². The van der Waals surface area contributed by atoms with E-state index in [4.69, 9.17) is 0 Å². The van der Waals surface area contributed by atoms with Crippen molar-refractivity contribution in [3.05, 3.63) is 47.0 Å². The standard InChI is InChI=1S/C19H18F5N3O/c20-14-3-1-2-13(15(14)21)12-5-4-11(6-9-28)16-25-26-17(27(16)10-12)18(7-8-18)19(22,23)24/h1-3,9,11-12H,4-8,10H2/t11-,12+/m0/s1. The summed E-state index contributed by atoms with van der Waals surface area (Å²) in [6.07, 6.45) is -3.00. The SMILES string of the molecule is O=CC[C@@H]1CC[C@@H](c2cccc(F)c2F)Cn2c1nnc2C1(C(F)(F)F)CC1. The summed E-state index contributed by atoms with van der Waals surface area (Å²) < 4.78 is 70.5. The first-order chi connectivity index (χ1) is 13.3. The quantitative estimate of drug-likeness (QED) is 0.566. The molecule has 4 nitrogen and oxygen atoms in total. The monoisotopic (exact) mass is 399 g/mol. The molecule has 28 heavy (non-hydrogen) atoms. The minimum absolute atomic E-state index is 0.0191. The van der Waals surface area contributed by atoms with Gasteiger partial charge in [0.25, 0.3) is 0 Å². The number of aromatic nitrogens is 3. The molecule has 1 aliphatic heterocycles. The summed E-state index contributed by atoms with van der Waals surface area (Å²) >= 11 is 0. The topological polar surface area (TPSA) is 47.8 Å². The lowest BCUT2D eigenvalue weighted by atomic mass is 9.90. The Morgan fingerprint density at radius 3 is 2.57 bits per heavy atom. The van der Waals surface area contributed by atoms with Crippen molar-refractivity contribution in [2.45, 2.75) is 62.1 Å². The summed E-state index contributed by atoms with van der Waals surface area (Å²) in [5.41, 5.74) is -1.92. The molecule has 1 fully saturated rings. The van der Waals surface area contributed by atoms with E-state index in [0.29, 0.717) is 25.0 Å². The third-order valence-corrected chi connectivity index (χ3v) is 5.93. The van der Waals surface area contributed by atoms with Gasteiger partial charge >= 0.3 is 6.18 Å². The lowest BCUT2D eigenvalue weighted by Gasteiger charge is -2.22. The predicted octanol–water partition coefficient (Wildman–Crippen LogP) is 4.40. The Hall–Kier alpha value is -2.32. The van der Waals surface area contributed by atoms with Gasteiger partial charge in [-0.05, 0) is 37.3 Å². The van der Waals surface area contributed by atoms with Gasteiger partial charge in [0.15, 0.2) is 11.6 Å². The number of benzene rings is 1. The predicted molar refractivity (Wildman–Crippen MR) is 88.7 cm³/mol. The highest BCUT2D eigenvalue weighted by Crippen LogP contribution is 2.59. The van der Waals surface area contributed by atoms with Crippen LogP contribution in [0.1, 0.15) is 61.2 Å². The van der Waals surface area contributed by atoms with Crippen LogP contribution in [0.2, 0.25) is 0 Å². The van der Waals surface area contributed by atoms with E-state index in [1.54, 1.807) is 0 Å². The summed E-state index contributed by atoms with van der Waals surface area (Å²) in [4.78, 5) is 11.1. The van der Waals surface area contributed by atoms with Gasteiger partial charge in [-0.1, -0.05) is 12.1 Å². The molecule has 1 aromatic heterocycles. The van der Waals surface area contributed by atoms with Gasteiger partial charge in [-0.25, -0.2) is 8.78 Å². The van der Waals surface area contributed by atoms with Crippen LogP contribution >= 0.6 is 0 Å². The van der Waals surface area contributed by atoms with Gasteiger partial charge in [-0.15, -0.1) is 10.2 Å². The number of carbonyl (C=O) groups excluding carboxylic acids is 1. The smallest absolute Gasteiger partial charge is 0.313 e. The van der Waals surface area contributed by atoms with Crippen LogP contribution in [0.4, 0.5) is 22.0 Å². The summed E-state index contributed by atoms with van der Waals surface area (Å²) in [5.74, 6) is -2.79. The fourth-order valence-electron chi connectivity index (χ4n) is 4.18. The van der Waals surface area contributed by atoms with Crippen LogP contribution in [0, 0.1) is 11.6 Å². The van der Waals surface area contributed by atoms with E-state index in [1.807, 2.05) is 0 Å². The molecule has 1 aromatic carbocycles. The van der Waals surface area contributed by atoms with Gasteiger partial charge in [-0.2, -0.15) is 13.2 Å². The Bertz CT molecular complexity index is 903. The number of fused-ring (bicyclic) bond motifs is 1. The Kier molecular flexibility index (Phi) is 4.50. The maximum Gasteiger partial charge on any atom is 0.401 e. The second kappa shape index (κ2) is 6.63. The van der Waals surface area contributed by atoms with Crippen molar-refractivity contribution in [2.75, 3.05) is 0 Å². The number of carbonyl (C=O) groups is 1. The maximum absolute atomic E-state index is 14.4. The second-order valence-electron chi connectivity index (χ2n) is 7.59. The van der Waals surface area contributed by atoms with Crippen molar-refractivity contribution < 1.29 is 26.7 Å². The van der Waals surface area contributed by atoms with Crippen LogP contribution in [0.15, 0.2) is 18.2 Å². The van der Waals surface area contributed by atoms with Crippen molar-refractivity contribution in [1.82, 2.24) is 14.8 Å². The van der Waals surface area contributed by atoms with Crippen molar-refractivity contribution in [2.24, 2.45) is 0 Å². The number of halogens is 5. The molecule has 1 saturated carbocycles. The van der Waals surface area contributed by atoms with E-state index in [1.165, 1.54) is 16.7 Å². The number of nitrogens with zero attached hydrogens (tertiary/aromatic N) is 3. The molecule has 0 spiro atoms. The zero-order chi connectivity index (χ0) is 20.1. The van der Waals surface area contributed by atoms with E-state index in [-0.39, 0.29) is 37.2 Å². The van der Waals surface area contributed by atoms with Gasteiger partial charge in [-0.3, -0.25) is 0 Å². The fraction of sp³-hybridized carbons (Fsp3) is 0.526. The highest BCUT2D eigenvalue weighted by molar-refractivity contribution is 5.51. The first-order valence-corrected chi connectivity index (χ1v) is 9.16. The van der Waals surface area contributed by atoms with Gasteiger partial charge in [0.05, 0.1) is 0 Å². The van der Waals surface area contributed by atoms with E-state index in [0.717, 1.165) is 6.07 Å². The molecule has 2 heterocycles. The Morgan fingerprint density at radius 2 is 1.93 bits per heavy atom. The molecule has 0 radical (unpaired) electrons. The van der Waals surface area contributed by atoms with Gasteiger partial charge in [0.1, 0.15) is 23.3 Å². The van der Waals surface area contributed by atoms with Crippen molar-refractivity contribution in [3.63, 3.8) is 0 Å². The van der Waals surface area contributed by atoms with Crippen LogP contribution < -0.4 is 0 Å². The number of rotatable bonds is 4. The summed E-state index contributed by atoms with van der Waals surface area (Å²) in [6.45, 7) is 0.0191. The van der Waals surface area contributed by atoms with Crippen molar-refractivity contribution in [1.29, 1.82) is 0 Å². The van der Waals surface area contributed by atoms with Gasteiger partial charge in [0.2, 0.25) is 0 Å². The van der Waals surface area contributed by atoms with Crippen LogP contribution in [0.25, 0.3) is 0 Å². The molecule has 2 atom stereocenters. The van der Waals surface area contributed by atoms with Gasteiger partial charge < -0.3 is 9.36 Å². The highest BCUT2D eigenvalue weighted by Gasteiger charge is 2.67. The number of hydrogen-bond donors (Lipinski definition) is 0. The third kappa shape index (κ3) is 2.91. The second-order valence-corrected chi connectivity index (χ2v) is 7.59.